The predicted octanol–water partition coefficient (Wildman–Crippen LogP) is 3.54. The number of hydrogen-bond donors (Lipinski definition) is 2. The molecule has 0 aliphatic rings. The highest BCUT2D eigenvalue weighted by molar-refractivity contribution is 7.89. The Morgan fingerprint density at radius 3 is 2.63 bits per heavy atom. The van der Waals surface area contributed by atoms with Gasteiger partial charge >= 0.3 is 0 Å². The van der Waals surface area contributed by atoms with Crippen LogP contribution in [0.2, 0.25) is 0 Å². The fourth-order valence-electron chi connectivity index (χ4n) is 2.85. The number of nitrogens with zero attached hydrogens (tertiary/aromatic N) is 3. The number of sulfonamides is 1. The van der Waals surface area contributed by atoms with Crippen molar-refractivity contribution >= 4 is 32.3 Å². The van der Waals surface area contributed by atoms with Gasteiger partial charge in [-0.05, 0) is 36.8 Å². The monoisotopic (exact) mass is 421 g/mol. The van der Waals surface area contributed by atoms with Gasteiger partial charge in [0.2, 0.25) is 10.0 Å². The van der Waals surface area contributed by atoms with Gasteiger partial charge in [-0.2, -0.15) is 10.2 Å². The first kappa shape index (κ1) is 19.7. The van der Waals surface area contributed by atoms with Gasteiger partial charge in [-0.3, -0.25) is 5.43 Å². The largest absolute Gasteiger partial charge is 0.468 e. The van der Waals surface area contributed by atoms with Gasteiger partial charge in [0.15, 0.2) is 5.82 Å². The standard InChI is InChI=1S/C21H19N5O3S/c1-15(24-26-21-20-7-3-2-5-17(20)13-22-25-21)16-8-10-19(11-9-16)30(27,28)23-14-18-6-4-12-29-18/h2-13,23H,14H2,1H3,(H,25,26)/b24-15-. The highest BCUT2D eigenvalue weighted by Gasteiger charge is 2.14. The van der Waals surface area contributed by atoms with Crippen molar-refractivity contribution in [3.63, 3.8) is 0 Å². The lowest BCUT2D eigenvalue weighted by Gasteiger charge is -2.08. The van der Waals surface area contributed by atoms with Gasteiger partial charge in [0, 0.05) is 10.8 Å². The third-order valence-electron chi connectivity index (χ3n) is 4.50. The molecule has 0 saturated carbocycles. The van der Waals surface area contributed by atoms with Crippen LogP contribution in [0, 0.1) is 0 Å². The molecule has 2 heterocycles. The second-order valence-corrected chi connectivity index (χ2v) is 8.28. The number of fused-ring (bicyclic) bond motifs is 1. The molecule has 0 spiro atoms. The van der Waals surface area contributed by atoms with Crippen molar-refractivity contribution in [3.05, 3.63) is 84.4 Å². The predicted molar refractivity (Wildman–Crippen MR) is 115 cm³/mol. The van der Waals surface area contributed by atoms with Crippen molar-refractivity contribution in [2.75, 3.05) is 5.43 Å². The van der Waals surface area contributed by atoms with Crippen LogP contribution in [0.25, 0.3) is 10.8 Å². The molecule has 9 heteroatoms. The van der Waals surface area contributed by atoms with Gasteiger partial charge in [0.1, 0.15) is 5.76 Å². The van der Waals surface area contributed by atoms with Crippen LogP contribution >= 0.6 is 0 Å². The molecule has 152 valence electrons. The number of nitrogens with one attached hydrogen (secondary N) is 2. The van der Waals surface area contributed by atoms with Gasteiger partial charge in [-0.25, -0.2) is 13.1 Å². The van der Waals surface area contributed by atoms with Crippen molar-refractivity contribution in [2.45, 2.75) is 18.4 Å². The molecular weight excluding hydrogens is 402 g/mol. The maximum atomic E-state index is 12.4. The van der Waals surface area contributed by atoms with Gasteiger partial charge in [-0.1, -0.05) is 36.4 Å². The Balaban J connectivity index is 1.47. The number of anilines is 1. The summed E-state index contributed by atoms with van der Waals surface area (Å²) in [5.41, 5.74) is 4.40. The van der Waals surface area contributed by atoms with Crippen LogP contribution in [0.3, 0.4) is 0 Å². The highest BCUT2D eigenvalue weighted by atomic mass is 32.2. The number of aromatic nitrogens is 2. The topological polar surface area (TPSA) is 109 Å². The Hall–Kier alpha value is -3.56. The van der Waals surface area contributed by atoms with E-state index in [2.05, 4.69) is 25.4 Å². The normalized spacial score (nSPS) is 12.2. The Morgan fingerprint density at radius 2 is 1.87 bits per heavy atom. The van der Waals surface area contributed by atoms with Crippen LogP contribution in [0.15, 0.2) is 87.5 Å². The molecule has 2 aromatic heterocycles. The second-order valence-electron chi connectivity index (χ2n) is 6.52. The van der Waals surface area contributed by atoms with Crippen LogP contribution in [0.4, 0.5) is 5.82 Å². The first-order valence-corrected chi connectivity index (χ1v) is 10.6. The molecule has 0 unspecified atom stereocenters. The summed E-state index contributed by atoms with van der Waals surface area (Å²) in [6.45, 7) is 1.91. The molecule has 0 saturated heterocycles. The fourth-order valence-corrected chi connectivity index (χ4v) is 3.84. The van der Waals surface area contributed by atoms with Gasteiger partial charge in [0.05, 0.1) is 29.6 Å². The van der Waals surface area contributed by atoms with Crippen LogP contribution in [-0.4, -0.2) is 24.3 Å². The molecule has 0 fully saturated rings. The summed E-state index contributed by atoms with van der Waals surface area (Å²) in [6.07, 6.45) is 3.19. The summed E-state index contributed by atoms with van der Waals surface area (Å²) >= 11 is 0. The van der Waals surface area contributed by atoms with Crippen LogP contribution in [-0.2, 0) is 16.6 Å². The number of rotatable bonds is 7. The molecule has 0 amide bonds. The summed E-state index contributed by atoms with van der Waals surface area (Å²) in [4.78, 5) is 0.165. The van der Waals surface area contributed by atoms with Crippen molar-refractivity contribution in [1.82, 2.24) is 14.9 Å². The molecule has 4 rings (SSSR count). The van der Waals surface area contributed by atoms with Crippen molar-refractivity contribution in [3.8, 4) is 0 Å². The van der Waals surface area contributed by atoms with E-state index >= 15 is 0 Å². The molecule has 30 heavy (non-hydrogen) atoms. The Morgan fingerprint density at radius 1 is 1.07 bits per heavy atom. The maximum Gasteiger partial charge on any atom is 0.240 e. The quantitative estimate of drug-likeness (QED) is 0.349. The van der Waals surface area contributed by atoms with Crippen LogP contribution in [0.5, 0.6) is 0 Å². The number of furan rings is 1. The summed E-state index contributed by atoms with van der Waals surface area (Å²) in [7, 11) is -3.64. The third-order valence-corrected chi connectivity index (χ3v) is 5.92. The van der Waals surface area contributed by atoms with E-state index in [1.54, 1.807) is 30.5 Å². The lowest BCUT2D eigenvalue weighted by atomic mass is 10.1. The molecule has 0 atom stereocenters. The fraction of sp³-hybridized carbons (Fsp3) is 0.0952. The van der Waals surface area contributed by atoms with E-state index in [0.717, 1.165) is 16.3 Å². The minimum atomic E-state index is -3.64. The molecule has 2 aromatic carbocycles. The van der Waals surface area contributed by atoms with Crippen LogP contribution in [0.1, 0.15) is 18.2 Å². The minimum Gasteiger partial charge on any atom is -0.468 e. The number of benzene rings is 2. The summed E-state index contributed by atoms with van der Waals surface area (Å²) in [5, 5.41) is 14.3. The summed E-state index contributed by atoms with van der Waals surface area (Å²) in [6, 6.07) is 17.6. The maximum absolute atomic E-state index is 12.4. The van der Waals surface area contributed by atoms with E-state index in [-0.39, 0.29) is 11.4 Å². The zero-order valence-electron chi connectivity index (χ0n) is 16.1. The Bertz CT molecular complexity index is 1280. The van der Waals surface area contributed by atoms with Gasteiger partial charge < -0.3 is 4.42 Å². The molecule has 0 radical (unpaired) electrons. The summed E-state index contributed by atoms with van der Waals surface area (Å²) in [5.74, 6) is 1.09. The highest BCUT2D eigenvalue weighted by Crippen LogP contribution is 2.19. The Labute approximate surface area is 173 Å². The average molecular weight is 421 g/mol. The first-order chi connectivity index (χ1) is 14.5. The first-order valence-electron chi connectivity index (χ1n) is 9.16. The van der Waals surface area contributed by atoms with E-state index < -0.39 is 10.0 Å². The molecule has 4 aromatic rings. The number of hydrazone groups is 1. The molecular formula is C21H19N5O3S. The third kappa shape index (κ3) is 4.37. The van der Waals surface area contributed by atoms with Crippen LogP contribution < -0.4 is 10.1 Å². The summed E-state index contributed by atoms with van der Waals surface area (Å²) < 4.78 is 32.5. The zero-order chi connectivity index (χ0) is 21.0. The SMILES string of the molecule is C/C(=N/Nc1nncc2ccccc12)c1ccc(S(=O)(=O)NCc2ccco2)cc1. The Kier molecular flexibility index (Phi) is 5.55. The van der Waals surface area contributed by atoms with E-state index in [4.69, 9.17) is 4.42 Å². The van der Waals surface area contributed by atoms with E-state index in [9.17, 15) is 8.42 Å². The minimum absolute atomic E-state index is 0.0908. The lowest BCUT2D eigenvalue weighted by molar-refractivity contribution is 0.498. The molecule has 0 aliphatic heterocycles. The molecule has 2 N–H and O–H groups in total. The number of hydrogen-bond acceptors (Lipinski definition) is 7. The smallest absolute Gasteiger partial charge is 0.240 e. The van der Waals surface area contributed by atoms with E-state index in [0.29, 0.717) is 17.3 Å². The molecule has 0 aliphatic carbocycles. The van der Waals surface area contributed by atoms with Crippen molar-refractivity contribution in [1.29, 1.82) is 0 Å². The van der Waals surface area contributed by atoms with E-state index in [1.807, 2.05) is 31.2 Å². The average Bonchev–Trinajstić information content (AvgIpc) is 3.30. The van der Waals surface area contributed by atoms with E-state index in [1.165, 1.54) is 18.4 Å². The molecule has 8 nitrogen and oxygen atoms in total. The zero-order valence-corrected chi connectivity index (χ0v) is 16.9. The molecule has 0 bridgehead atoms. The second kappa shape index (κ2) is 8.44. The lowest BCUT2D eigenvalue weighted by Crippen LogP contribution is -2.23. The van der Waals surface area contributed by atoms with Crippen molar-refractivity contribution in [2.24, 2.45) is 5.10 Å². The van der Waals surface area contributed by atoms with Crippen molar-refractivity contribution < 1.29 is 12.8 Å². The van der Waals surface area contributed by atoms with Gasteiger partial charge in [-0.15, -0.1) is 5.10 Å². The van der Waals surface area contributed by atoms with Gasteiger partial charge in [0.25, 0.3) is 0 Å².